The number of carbonyl (C=O) groups is 2. The molecule has 1 rings (SSSR count). The number of hydrogen-bond donors (Lipinski definition) is 2. The summed E-state index contributed by atoms with van der Waals surface area (Å²) in [4.78, 5) is 23.6. The van der Waals surface area contributed by atoms with E-state index in [0.717, 1.165) is 0 Å². The van der Waals surface area contributed by atoms with Crippen LogP contribution in [0.1, 0.15) is 37.6 Å². The third-order valence-electron chi connectivity index (χ3n) is 2.97. The van der Waals surface area contributed by atoms with Crippen LogP contribution < -0.4 is 5.43 Å². The molecule has 0 aliphatic heterocycles. The van der Waals surface area contributed by atoms with Crippen molar-refractivity contribution in [3.8, 4) is 5.75 Å². The molecule has 0 radical (unpaired) electrons. The van der Waals surface area contributed by atoms with Gasteiger partial charge in [-0.2, -0.15) is 5.10 Å². The molecule has 0 spiro atoms. The second-order valence-electron chi connectivity index (χ2n) is 4.42. The Morgan fingerprint density at radius 3 is 2.57 bits per heavy atom. The van der Waals surface area contributed by atoms with E-state index in [4.69, 9.17) is 4.74 Å². The molecule has 114 valence electrons. The molecular weight excluding hydrogens is 272 g/mol. The Hall–Kier alpha value is -2.37. The number of nitrogens with zero attached hydrogens (tertiary/aromatic N) is 1. The van der Waals surface area contributed by atoms with Crippen LogP contribution in [0.15, 0.2) is 29.4 Å². The van der Waals surface area contributed by atoms with Gasteiger partial charge in [-0.1, -0.05) is 19.1 Å². The largest absolute Gasteiger partial charge is 0.507 e. The minimum absolute atomic E-state index is 0.123. The molecule has 0 saturated heterocycles. The molecule has 0 aliphatic rings. The number of ether oxygens (including phenoxy) is 1. The summed E-state index contributed by atoms with van der Waals surface area (Å²) >= 11 is 0. The fraction of sp³-hybridized carbons (Fsp3) is 0.400. The zero-order chi connectivity index (χ0) is 15.8. The number of nitrogens with one attached hydrogen (secondary N) is 1. The highest BCUT2D eigenvalue weighted by Gasteiger charge is 2.21. The molecular formula is C15H20N2O4. The Morgan fingerprint density at radius 2 is 2.00 bits per heavy atom. The van der Waals surface area contributed by atoms with Gasteiger partial charge in [0.2, 0.25) is 0 Å². The molecule has 0 fully saturated rings. The molecule has 0 unspecified atom stereocenters. The van der Waals surface area contributed by atoms with Crippen molar-refractivity contribution < 1.29 is 19.4 Å². The molecule has 21 heavy (non-hydrogen) atoms. The van der Waals surface area contributed by atoms with E-state index in [1.165, 1.54) is 12.1 Å². The van der Waals surface area contributed by atoms with Crippen LogP contribution in [0.4, 0.5) is 0 Å². The summed E-state index contributed by atoms with van der Waals surface area (Å²) in [6.07, 6.45) is 0.528. The summed E-state index contributed by atoms with van der Waals surface area (Å²) in [5, 5.41) is 13.5. The number of esters is 1. The molecule has 0 aromatic heterocycles. The molecule has 6 heteroatoms. The fourth-order valence-corrected chi connectivity index (χ4v) is 1.82. The third kappa shape index (κ3) is 4.59. The van der Waals surface area contributed by atoms with Crippen molar-refractivity contribution in [3.05, 3.63) is 29.8 Å². The topological polar surface area (TPSA) is 88.0 Å². The van der Waals surface area contributed by atoms with Crippen LogP contribution in [0, 0.1) is 5.92 Å². The maximum Gasteiger partial charge on any atom is 0.314 e. The standard InChI is InChI=1S/C15H20N2O4/c1-4-11(15(20)21-5-2)10(3)16-17-14(19)12-8-6-7-9-13(12)18/h6-9,11,18H,4-5H2,1-3H3,(H,17,19)/b16-10+/t11-/m0/s1. The van der Waals surface area contributed by atoms with Gasteiger partial charge < -0.3 is 9.84 Å². The van der Waals surface area contributed by atoms with E-state index in [2.05, 4.69) is 10.5 Å². The first-order chi connectivity index (χ1) is 10.0. The minimum Gasteiger partial charge on any atom is -0.507 e. The van der Waals surface area contributed by atoms with Gasteiger partial charge in [-0.05, 0) is 32.4 Å². The average Bonchev–Trinajstić information content (AvgIpc) is 2.46. The van der Waals surface area contributed by atoms with Crippen LogP contribution in [-0.4, -0.2) is 29.3 Å². The number of phenolic OH excluding ortho intramolecular Hbond substituents is 1. The lowest BCUT2D eigenvalue weighted by atomic mass is 10.0. The van der Waals surface area contributed by atoms with Gasteiger partial charge in [0.25, 0.3) is 5.91 Å². The molecule has 1 aromatic rings. The Morgan fingerprint density at radius 1 is 1.33 bits per heavy atom. The van der Waals surface area contributed by atoms with Crippen LogP contribution in [-0.2, 0) is 9.53 Å². The molecule has 2 N–H and O–H groups in total. The van der Waals surface area contributed by atoms with Crippen molar-refractivity contribution in [1.82, 2.24) is 5.43 Å². The van der Waals surface area contributed by atoms with Crippen LogP contribution >= 0.6 is 0 Å². The summed E-state index contributed by atoms with van der Waals surface area (Å²) in [5.74, 6) is -1.51. The van der Waals surface area contributed by atoms with Crippen LogP contribution in [0.3, 0.4) is 0 Å². The lowest BCUT2D eigenvalue weighted by Crippen LogP contribution is -2.27. The highest BCUT2D eigenvalue weighted by Crippen LogP contribution is 2.15. The van der Waals surface area contributed by atoms with Gasteiger partial charge in [-0.15, -0.1) is 0 Å². The number of hydrogen-bond acceptors (Lipinski definition) is 5. The molecule has 1 aromatic carbocycles. The summed E-state index contributed by atoms with van der Waals surface area (Å²) in [6.45, 7) is 5.52. The number of aromatic hydroxyl groups is 1. The number of carbonyl (C=O) groups excluding carboxylic acids is 2. The summed E-state index contributed by atoms with van der Waals surface area (Å²) in [5.41, 5.74) is 2.91. The predicted molar refractivity (Wildman–Crippen MR) is 79.1 cm³/mol. The van der Waals surface area contributed by atoms with E-state index in [-0.39, 0.29) is 17.3 Å². The Bertz CT molecular complexity index is 540. The molecule has 1 amide bonds. The second-order valence-corrected chi connectivity index (χ2v) is 4.42. The van der Waals surface area contributed by atoms with Crippen molar-refractivity contribution in [2.45, 2.75) is 27.2 Å². The van der Waals surface area contributed by atoms with Gasteiger partial charge in [0.1, 0.15) is 5.75 Å². The van der Waals surface area contributed by atoms with E-state index in [1.54, 1.807) is 26.0 Å². The number of benzene rings is 1. The number of phenols is 1. The van der Waals surface area contributed by atoms with Gasteiger partial charge in [0.15, 0.2) is 0 Å². The maximum atomic E-state index is 11.9. The fourth-order valence-electron chi connectivity index (χ4n) is 1.82. The van der Waals surface area contributed by atoms with Crippen molar-refractivity contribution in [2.75, 3.05) is 6.61 Å². The molecule has 0 saturated carbocycles. The third-order valence-corrected chi connectivity index (χ3v) is 2.97. The monoisotopic (exact) mass is 292 g/mol. The zero-order valence-corrected chi connectivity index (χ0v) is 12.4. The Balaban J connectivity index is 2.76. The second kappa shape index (κ2) is 8.04. The number of amides is 1. The van der Waals surface area contributed by atoms with Crippen molar-refractivity contribution in [1.29, 1.82) is 0 Å². The van der Waals surface area contributed by atoms with Gasteiger partial charge in [0, 0.05) is 5.71 Å². The molecule has 0 aliphatic carbocycles. The smallest absolute Gasteiger partial charge is 0.314 e. The van der Waals surface area contributed by atoms with Crippen molar-refractivity contribution in [2.24, 2.45) is 11.0 Å². The van der Waals surface area contributed by atoms with E-state index in [1.807, 2.05) is 6.92 Å². The first kappa shape index (κ1) is 16.7. The molecule has 0 bridgehead atoms. The highest BCUT2D eigenvalue weighted by molar-refractivity contribution is 6.02. The first-order valence-corrected chi connectivity index (χ1v) is 6.80. The molecule has 0 heterocycles. The quantitative estimate of drug-likeness (QED) is 0.477. The van der Waals surface area contributed by atoms with Crippen molar-refractivity contribution >= 4 is 17.6 Å². The first-order valence-electron chi connectivity index (χ1n) is 6.80. The lowest BCUT2D eigenvalue weighted by Gasteiger charge is -2.13. The minimum atomic E-state index is -0.536. The summed E-state index contributed by atoms with van der Waals surface area (Å²) in [6, 6.07) is 6.16. The number of rotatable bonds is 6. The van der Waals surface area contributed by atoms with Gasteiger partial charge in [-0.3, -0.25) is 9.59 Å². The van der Waals surface area contributed by atoms with Gasteiger partial charge in [-0.25, -0.2) is 5.43 Å². The van der Waals surface area contributed by atoms with E-state index in [9.17, 15) is 14.7 Å². The number of hydrazone groups is 1. The van der Waals surface area contributed by atoms with Gasteiger partial charge >= 0.3 is 5.97 Å². The van der Waals surface area contributed by atoms with Crippen LogP contribution in [0.2, 0.25) is 0 Å². The van der Waals surface area contributed by atoms with Crippen molar-refractivity contribution in [3.63, 3.8) is 0 Å². The molecule has 1 atom stereocenters. The number of para-hydroxylation sites is 1. The van der Waals surface area contributed by atoms with Gasteiger partial charge in [0.05, 0.1) is 18.1 Å². The highest BCUT2D eigenvalue weighted by atomic mass is 16.5. The Labute approximate surface area is 123 Å². The van der Waals surface area contributed by atoms with E-state index >= 15 is 0 Å². The van der Waals surface area contributed by atoms with Crippen LogP contribution in [0.25, 0.3) is 0 Å². The van der Waals surface area contributed by atoms with E-state index in [0.29, 0.717) is 18.7 Å². The Kier molecular flexibility index (Phi) is 6.39. The molecule has 6 nitrogen and oxygen atoms in total. The predicted octanol–water partition coefficient (Wildman–Crippen LogP) is 2.09. The zero-order valence-electron chi connectivity index (χ0n) is 12.4. The summed E-state index contributed by atoms with van der Waals surface area (Å²) < 4.78 is 4.95. The van der Waals surface area contributed by atoms with E-state index < -0.39 is 11.8 Å². The van der Waals surface area contributed by atoms with Crippen LogP contribution in [0.5, 0.6) is 5.75 Å². The lowest BCUT2D eigenvalue weighted by molar-refractivity contribution is -0.145. The maximum absolute atomic E-state index is 11.9. The normalized spacial score (nSPS) is 12.6. The average molecular weight is 292 g/mol. The summed E-state index contributed by atoms with van der Waals surface area (Å²) in [7, 11) is 0. The SMILES string of the molecule is CCOC(=O)[C@@H](CC)/C(C)=N/NC(=O)c1ccccc1O.